The summed E-state index contributed by atoms with van der Waals surface area (Å²) in [4.78, 5) is 37.7. The summed E-state index contributed by atoms with van der Waals surface area (Å²) < 4.78 is 5.21. The third kappa shape index (κ3) is 5.33. The van der Waals surface area contributed by atoms with Gasteiger partial charge in [-0.1, -0.05) is 11.6 Å². The van der Waals surface area contributed by atoms with Crippen molar-refractivity contribution in [3.05, 3.63) is 28.8 Å². The van der Waals surface area contributed by atoms with Crippen molar-refractivity contribution >= 4 is 35.2 Å². The Bertz CT molecular complexity index is 747. The lowest BCUT2D eigenvalue weighted by atomic mass is 10.1. The van der Waals surface area contributed by atoms with Gasteiger partial charge in [0.25, 0.3) is 5.91 Å². The summed E-state index contributed by atoms with van der Waals surface area (Å²) in [6.07, 6.45) is -0.145. The highest BCUT2D eigenvalue weighted by Crippen LogP contribution is 2.27. The molecule has 1 aliphatic rings. The van der Waals surface area contributed by atoms with Gasteiger partial charge >= 0.3 is 12.0 Å². The van der Waals surface area contributed by atoms with Gasteiger partial charge in [0.15, 0.2) is 0 Å². The number of hydrogen-bond acceptors (Lipinski definition) is 4. The van der Waals surface area contributed by atoms with E-state index in [-0.39, 0.29) is 29.7 Å². The first-order valence-corrected chi connectivity index (χ1v) is 8.85. The molecule has 0 aliphatic carbocycles. The van der Waals surface area contributed by atoms with Crippen LogP contribution in [0.15, 0.2) is 18.2 Å². The second kappa shape index (κ2) is 8.14. The Kier molecular flexibility index (Phi) is 6.33. The largest absolute Gasteiger partial charge is 0.480 e. The molecule has 9 heteroatoms. The van der Waals surface area contributed by atoms with Crippen LogP contribution in [0.4, 0.5) is 10.5 Å². The summed E-state index contributed by atoms with van der Waals surface area (Å²) in [7, 11) is 1.48. The van der Waals surface area contributed by atoms with Gasteiger partial charge in [-0.05, 0) is 39.0 Å². The molecule has 3 N–H and O–H groups in total. The zero-order valence-corrected chi connectivity index (χ0v) is 16.5. The predicted molar refractivity (Wildman–Crippen MR) is 101 cm³/mol. The van der Waals surface area contributed by atoms with Gasteiger partial charge in [0.1, 0.15) is 6.04 Å². The van der Waals surface area contributed by atoms with Crippen LogP contribution in [0.3, 0.4) is 0 Å². The van der Waals surface area contributed by atoms with Crippen molar-refractivity contribution in [2.75, 3.05) is 19.0 Å². The van der Waals surface area contributed by atoms with E-state index in [2.05, 4.69) is 10.6 Å². The number of carboxylic acid groups (broad SMARTS) is 1. The fraction of sp³-hybridized carbons (Fsp3) is 0.500. The molecule has 27 heavy (non-hydrogen) atoms. The Hall–Kier alpha value is -2.32. The van der Waals surface area contributed by atoms with E-state index >= 15 is 0 Å². The lowest BCUT2D eigenvalue weighted by Gasteiger charge is -2.23. The number of ether oxygens (including phenoxy) is 1. The monoisotopic (exact) mass is 397 g/mol. The first kappa shape index (κ1) is 21.0. The number of nitrogens with one attached hydrogen (secondary N) is 2. The Morgan fingerprint density at radius 1 is 1.30 bits per heavy atom. The Morgan fingerprint density at radius 3 is 2.52 bits per heavy atom. The van der Waals surface area contributed by atoms with E-state index in [0.717, 1.165) is 0 Å². The molecular formula is C18H24ClN3O5. The number of urea groups is 1. The molecule has 2 unspecified atom stereocenters. The molecule has 1 saturated heterocycles. The van der Waals surface area contributed by atoms with Gasteiger partial charge in [0.05, 0.1) is 16.7 Å². The number of carboxylic acids is 1. The highest BCUT2D eigenvalue weighted by molar-refractivity contribution is 6.34. The smallest absolute Gasteiger partial charge is 0.326 e. The number of anilines is 1. The maximum absolute atomic E-state index is 12.9. The number of carbonyl (C=O) groups excluding carboxylic acids is 2. The summed E-state index contributed by atoms with van der Waals surface area (Å²) in [6.45, 7) is 5.68. The Labute approximate surface area is 162 Å². The molecule has 1 heterocycles. The van der Waals surface area contributed by atoms with Crippen LogP contribution in [0.25, 0.3) is 0 Å². The van der Waals surface area contributed by atoms with Crippen LogP contribution in [0.5, 0.6) is 0 Å². The van der Waals surface area contributed by atoms with Gasteiger partial charge in [-0.25, -0.2) is 9.59 Å². The van der Waals surface area contributed by atoms with Crippen molar-refractivity contribution in [1.29, 1.82) is 0 Å². The topological polar surface area (TPSA) is 108 Å². The molecule has 0 spiro atoms. The van der Waals surface area contributed by atoms with Gasteiger partial charge in [0.2, 0.25) is 0 Å². The van der Waals surface area contributed by atoms with Gasteiger partial charge in [0, 0.05) is 31.3 Å². The van der Waals surface area contributed by atoms with Crippen LogP contribution in [0.2, 0.25) is 5.02 Å². The maximum Gasteiger partial charge on any atom is 0.326 e. The van der Waals surface area contributed by atoms with E-state index in [1.807, 2.05) is 20.8 Å². The fourth-order valence-electron chi connectivity index (χ4n) is 2.85. The average molecular weight is 398 g/mol. The summed E-state index contributed by atoms with van der Waals surface area (Å²) in [6, 6.07) is 3.08. The second-order valence-corrected chi connectivity index (χ2v) is 7.84. The third-order valence-corrected chi connectivity index (χ3v) is 4.41. The van der Waals surface area contributed by atoms with Gasteiger partial charge in [-0.15, -0.1) is 0 Å². The van der Waals surface area contributed by atoms with E-state index < -0.39 is 29.5 Å². The summed E-state index contributed by atoms with van der Waals surface area (Å²) in [5.41, 5.74) is 0.0706. The average Bonchev–Trinajstić information content (AvgIpc) is 2.99. The summed E-state index contributed by atoms with van der Waals surface area (Å²) in [5, 5.41) is 15.0. The summed E-state index contributed by atoms with van der Waals surface area (Å²) >= 11 is 6.16. The van der Waals surface area contributed by atoms with Crippen molar-refractivity contribution in [2.24, 2.45) is 0 Å². The quantitative estimate of drug-likeness (QED) is 0.723. The van der Waals surface area contributed by atoms with E-state index in [1.165, 1.54) is 24.1 Å². The van der Waals surface area contributed by atoms with Crippen LogP contribution >= 0.6 is 11.6 Å². The van der Waals surface area contributed by atoms with Gasteiger partial charge in [-0.2, -0.15) is 0 Å². The lowest BCUT2D eigenvalue weighted by molar-refractivity contribution is -0.141. The minimum Gasteiger partial charge on any atom is -0.480 e. The van der Waals surface area contributed by atoms with E-state index in [1.54, 1.807) is 6.07 Å². The van der Waals surface area contributed by atoms with Gasteiger partial charge in [-0.3, -0.25) is 4.79 Å². The van der Waals surface area contributed by atoms with Crippen LogP contribution in [-0.2, 0) is 9.53 Å². The van der Waals surface area contributed by atoms with Crippen molar-refractivity contribution in [3.8, 4) is 0 Å². The fourth-order valence-corrected chi connectivity index (χ4v) is 3.05. The van der Waals surface area contributed by atoms with Crippen molar-refractivity contribution < 1.29 is 24.2 Å². The molecule has 0 saturated carbocycles. The molecule has 2 rings (SSSR count). The van der Waals surface area contributed by atoms with Crippen molar-refractivity contribution in [2.45, 2.75) is 44.9 Å². The van der Waals surface area contributed by atoms with Crippen molar-refractivity contribution in [3.63, 3.8) is 0 Å². The Morgan fingerprint density at radius 2 is 1.96 bits per heavy atom. The molecule has 148 valence electrons. The van der Waals surface area contributed by atoms with Crippen LogP contribution in [0, 0.1) is 0 Å². The molecule has 2 atom stereocenters. The van der Waals surface area contributed by atoms with Crippen molar-refractivity contribution in [1.82, 2.24) is 10.2 Å². The number of carbonyl (C=O) groups is 3. The van der Waals surface area contributed by atoms with Crippen LogP contribution in [-0.4, -0.2) is 59.3 Å². The number of hydrogen-bond donors (Lipinski definition) is 3. The molecule has 8 nitrogen and oxygen atoms in total. The lowest BCUT2D eigenvalue weighted by Crippen LogP contribution is -2.43. The molecule has 1 aliphatic heterocycles. The number of rotatable bonds is 4. The molecule has 1 fully saturated rings. The molecular weight excluding hydrogens is 374 g/mol. The highest BCUT2D eigenvalue weighted by Gasteiger charge is 2.40. The Balaban J connectivity index is 2.23. The molecule has 1 aromatic rings. The van der Waals surface area contributed by atoms with Gasteiger partial charge < -0.3 is 25.4 Å². The summed E-state index contributed by atoms with van der Waals surface area (Å²) in [5.74, 6) is -1.62. The maximum atomic E-state index is 12.9. The number of methoxy groups -OCH3 is 1. The normalized spacial score (nSPS) is 19.7. The number of likely N-dealkylation sites (tertiary alicyclic amines) is 1. The van der Waals surface area contributed by atoms with E-state index in [0.29, 0.717) is 5.69 Å². The number of aliphatic carboxylic acids is 1. The second-order valence-electron chi connectivity index (χ2n) is 7.43. The predicted octanol–water partition coefficient (Wildman–Crippen LogP) is 2.57. The minimum absolute atomic E-state index is 0.119. The first-order valence-electron chi connectivity index (χ1n) is 8.47. The van der Waals surface area contributed by atoms with E-state index in [9.17, 15) is 19.5 Å². The standard InChI is InChI=1S/C18H24ClN3O5/c1-18(2,3)21-17(26)20-10-5-6-13(19)12(7-10)15(23)22-9-11(27-4)8-14(22)16(24)25/h5-7,11,14H,8-9H2,1-4H3,(H,24,25)(H2,20,21,26). The SMILES string of the molecule is COC1CC(C(=O)O)N(C(=O)c2cc(NC(=O)NC(C)(C)C)ccc2Cl)C1. The zero-order chi connectivity index (χ0) is 20.4. The van der Waals surface area contributed by atoms with Crippen LogP contribution in [0.1, 0.15) is 37.6 Å². The molecule has 0 bridgehead atoms. The number of benzene rings is 1. The number of amides is 3. The van der Waals surface area contributed by atoms with Crippen LogP contribution < -0.4 is 10.6 Å². The zero-order valence-electron chi connectivity index (χ0n) is 15.7. The number of halogens is 1. The first-order chi connectivity index (χ1) is 12.5. The third-order valence-electron chi connectivity index (χ3n) is 4.09. The highest BCUT2D eigenvalue weighted by atomic mass is 35.5. The van der Waals surface area contributed by atoms with E-state index in [4.69, 9.17) is 16.3 Å². The minimum atomic E-state index is -1.10. The number of nitrogens with zero attached hydrogens (tertiary/aromatic N) is 1. The molecule has 1 aromatic carbocycles. The molecule has 0 aromatic heterocycles. The molecule has 3 amide bonds. The molecule has 0 radical (unpaired) electrons.